The molecule has 3 nitrogen and oxygen atoms in total. The SMILES string of the molecule is OCC1(NCCCCc2ccccc2)CCOCC1. The lowest BCUT2D eigenvalue weighted by atomic mass is 9.91. The molecule has 0 aliphatic carbocycles. The van der Waals surface area contributed by atoms with Gasteiger partial charge in [-0.1, -0.05) is 30.3 Å². The zero-order chi connectivity index (χ0) is 13.4. The molecule has 106 valence electrons. The number of aliphatic hydroxyl groups is 1. The minimum absolute atomic E-state index is 0.0923. The summed E-state index contributed by atoms with van der Waals surface area (Å²) in [4.78, 5) is 0. The Morgan fingerprint density at radius 3 is 2.53 bits per heavy atom. The lowest BCUT2D eigenvalue weighted by molar-refractivity contribution is 0.0120. The molecule has 0 saturated carbocycles. The Bertz CT molecular complexity index is 347. The van der Waals surface area contributed by atoms with Crippen LogP contribution in [0.5, 0.6) is 0 Å². The fourth-order valence-electron chi connectivity index (χ4n) is 2.61. The first kappa shape index (κ1) is 14.5. The summed E-state index contributed by atoms with van der Waals surface area (Å²) in [5, 5.41) is 13.1. The van der Waals surface area contributed by atoms with Gasteiger partial charge in [0.15, 0.2) is 0 Å². The topological polar surface area (TPSA) is 41.5 Å². The molecule has 1 heterocycles. The number of aryl methyl sites for hydroxylation is 1. The molecule has 0 bridgehead atoms. The van der Waals surface area contributed by atoms with E-state index in [0.29, 0.717) is 0 Å². The summed E-state index contributed by atoms with van der Waals surface area (Å²) < 4.78 is 5.36. The summed E-state index contributed by atoms with van der Waals surface area (Å²) in [5.74, 6) is 0. The van der Waals surface area contributed by atoms with Gasteiger partial charge in [0.25, 0.3) is 0 Å². The van der Waals surface area contributed by atoms with Crippen LogP contribution in [-0.4, -0.2) is 37.0 Å². The molecule has 1 aliphatic heterocycles. The zero-order valence-electron chi connectivity index (χ0n) is 11.6. The lowest BCUT2D eigenvalue weighted by Crippen LogP contribution is -2.52. The van der Waals surface area contributed by atoms with Gasteiger partial charge in [0.05, 0.1) is 6.61 Å². The Kier molecular flexibility index (Phi) is 5.83. The maximum absolute atomic E-state index is 9.56. The third-order valence-corrected chi connectivity index (χ3v) is 3.99. The number of unbranched alkanes of at least 4 members (excludes halogenated alkanes) is 1. The quantitative estimate of drug-likeness (QED) is 0.741. The first-order valence-electron chi connectivity index (χ1n) is 7.32. The first-order valence-corrected chi connectivity index (χ1v) is 7.32. The number of hydrogen-bond acceptors (Lipinski definition) is 3. The molecule has 0 unspecified atom stereocenters. The third kappa shape index (κ3) is 4.60. The van der Waals surface area contributed by atoms with Crippen molar-refractivity contribution in [3.63, 3.8) is 0 Å². The van der Waals surface area contributed by atoms with Gasteiger partial charge in [-0.3, -0.25) is 0 Å². The predicted octanol–water partition coefficient (Wildman–Crippen LogP) is 2.14. The highest BCUT2D eigenvalue weighted by atomic mass is 16.5. The van der Waals surface area contributed by atoms with E-state index in [4.69, 9.17) is 4.74 Å². The average molecular weight is 263 g/mol. The molecular formula is C16H25NO2. The van der Waals surface area contributed by atoms with Crippen LogP contribution >= 0.6 is 0 Å². The number of nitrogens with one attached hydrogen (secondary N) is 1. The Morgan fingerprint density at radius 1 is 1.11 bits per heavy atom. The van der Waals surface area contributed by atoms with Gasteiger partial charge in [0.2, 0.25) is 0 Å². The fourth-order valence-corrected chi connectivity index (χ4v) is 2.61. The second kappa shape index (κ2) is 7.63. The van der Waals surface area contributed by atoms with Gasteiger partial charge >= 0.3 is 0 Å². The number of hydrogen-bond donors (Lipinski definition) is 2. The molecule has 1 aliphatic rings. The predicted molar refractivity (Wildman–Crippen MR) is 77.3 cm³/mol. The zero-order valence-corrected chi connectivity index (χ0v) is 11.6. The van der Waals surface area contributed by atoms with Gasteiger partial charge in [-0.25, -0.2) is 0 Å². The molecule has 1 saturated heterocycles. The Balaban J connectivity index is 1.63. The summed E-state index contributed by atoms with van der Waals surface area (Å²) in [6.45, 7) is 2.72. The van der Waals surface area contributed by atoms with Crippen LogP contribution in [0.1, 0.15) is 31.2 Å². The summed E-state index contributed by atoms with van der Waals surface area (Å²) in [6.07, 6.45) is 5.31. The van der Waals surface area contributed by atoms with E-state index in [1.165, 1.54) is 12.0 Å². The molecule has 19 heavy (non-hydrogen) atoms. The van der Waals surface area contributed by atoms with E-state index in [2.05, 4.69) is 35.6 Å². The van der Waals surface area contributed by atoms with E-state index in [-0.39, 0.29) is 12.1 Å². The Morgan fingerprint density at radius 2 is 1.84 bits per heavy atom. The van der Waals surface area contributed by atoms with E-state index in [0.717, 1.165) is 45.4 Å². The van der Waals surface area contributed by atoms with Crippen molar-refractivity contribution in [1.29, 1.82) is 0 Å². The molecular weight excluding hydrogens is 238 g/mol. The summed E-state index contributed by atoms with van der Waals surface area (Å²) in [7, 11) is 0. The molecule has 0 amide bonds. The van der Waals surface area contributed by atoms with Crippen molar-refractivity contribution in [3.05, 3.63) is 35.9 Å². The number of aliphatic hydroxyl groups excluding tert-OH is 1. The van der Waals surface area contributed by atoms with Crippen molar-refractivity contribution in [3.8, 4) is 0 Å². The van der Waals surface area contributed by atoms with Crippen LogP contribution in [0.15, 0.2) is 30.3 Å². The van der Waals surface area contributed by atoms with Gasteiger partial charge in [0, 0.05) is 18.8 Å². The molecule has 0 atom stereocenters. The maximum atomic E-state index is 9.56. The highest BCUT2D eigenvalue weighted by Gasteiger charge is 2.30. The standard InChI is InChI=1S/C16H25NO2/c18-14-16(9-12-19-13-10-16)17-11-5-4-8-15-6-2-1-3-7-15/h1-3,6-7,17-18H,4-5,8-14H2. The van der Waals surface area contributed by atoms with Gasteiger partial charge in [-0.2, -0.15) is 0 Å². The van der Waals surface area contributed by atoms with Crippen LogP contribution in [0.3, 0.4) is 0 Å². The van der Waals surface area contributed by atoms with Crippen molar-refractivity contribution in [2.45, 2.75) is 37.6 Å². The highest BCUT2D eigenvalue weighted by molar-refractivity contribution is 5.14. The monoisotopic (exact) mass is 263 g/mol. The summed E-state index contributed by atoms with van der Waals surface area (Å²) in [6, 6.07) is 10.6. The Labute approximate surface area is 116 Å². The molecule has 2 N–H and O–H groups in total. The largest absolute Gasteiger partial charge is 0.394 e. The molecule has 0 radical (unpaired) electrons. The van der Waals surface area contributed by atoms with Crippen molar-refractivity contribution < 1.29 is 9.84 Å². The van der Waals surface area contributed by atoms with E-state index in [1.54, 1.807) is 0 Å². The fraction of sp³-hybridized carbons (Fsp3) is 0.625. The van der Waals surface area contributed by atoms with E-state index < -0.39 is 0 Å². The number of rotatable bonds is 7. The van der Waals surface area contributed by atoms with E-state index >= 15 is 0 Å². The van der Waals surface area contributed by atoms with Crippen LogP contribution < -0.4 is 5.32 Å². The van der Waals surface area contributed by atoms with Crippen molar-refractivity contribution in [1.82, 2.24) is 5.32 Å². The van der Waals surface area contributed by atoms with Crippen LogP contribution in [0, 0.1) is 0 Å². The number of benzene rings is 1. The highest BCUT2D eigenvalue weighted by Crippen LogP contribution is 2.20. The molecule has 0 aromatic heterocycles. The Hall–Kier alpha value is -0.900. The molecule has 1 aromatic carbocycles. The van der Waals surface area contributed by atoms with Crippen LogP contribution in [0.2, 0.25) is 0 Å². The van der Waals surface area contributed by atoms with E-state index in [9.17, 15) is 5.11 Å². The minimum atomic E-state index is -0.0923. The van der Waals surface area contributed by atoms with Crippen LogP contribution in [-0.2, 0) is 11.2 Å². The minimum Gasteiger partial charge on any atom is -0.394 e. The molecule has 3 heteroatoms. The van der Waals surface area contributed by atoms with Gasteiger partial charge < -0.3 is 15.2 Å². The summed E-state index contributed by atoms with van der Waals surface area (Å²) >= 11 is 0. The maximum Gasteiger partial charge on any atom is 0.0615 e. The second-order valence-corrected chi connectivity index (χ2v) is 5.42. The van der Waals surface area contributed by atoms with Crippen LogP contribution in [0.4, 0.5) is 0 Å². The molecule has 2 rings (SSSR count). The molecule has 1 fully saturated rings. The number of ether oxygens (including phenoxy) is 1. The third-order valence-electron chi connectivity index (χ3n) is 3.99. The van der Waals surface area contributed by atoms with Crippen molar-refractivity contribution >= 4 is 0 Å². The van der Waals surface area contributed by atoms with Crippen LogP contribution in [0.25, 0.3) is 0 Å². The van der Waals surface area contributed by atoms with Gasteiger partial charge in [-0.05, 0) is 44.2 Å². The smallest absolute Gasteiger partial charge is 0.0615 e. The molecule has 1 aromatic rings. The van der Waals surface area contributed by atoms with Gasteiger partial charge in [0.1, 0.15) is 0 Å². The van der Waals surface area contributed by atoms with Crippen molar-refractivity contribution in [2.24, 2.45) is 0 Å². The van der Waals surface area contributed by atoms with Crippen molar-refractivity contribution in [2.75, 3.05) is 26.4 Å². The first-order chi connectivity index (χ1) is 9.35. The second-order valence-electron chi connectivity index (χ2n) is 5.42. The average Bonchev–Trinajstić information content (AvgIpc) is 2.49. The van der Waals surface area contributed by atoms with Gasteiger partial charge in [-0.15, -0.1) is 0 Å². The van der Waals surface area contributed by atoms with E-state index in [1.807, 2.05) is 0 Å². The summed E-state index contributed by atoms with van der Waals surface area (Å²) in [5.41, 5.74) is 1.32. The molecule has 0 spiro atoms. The normalized spacial score (nSPS) is 18.4. The lowest BCUT2D eigenvalue weighted by Gasteiger charge is -2.36.